The number of benzene rings is 7. The Bertz CT molecular complexity index is 3970. The molecule has 2 nitrogen and oxygen atoms in total. The van der Waals surface area contributed by atoms with E-state index >= 15 is 0 Å². The lowest BCUT2D eigenvalue weighted by atomic mass is 9.97. The van der Waals surface area contributed by atoms with Crippen LogP contribution in [0.25, 0.3) is 105 Å². The van der Waals surface area contributed by atoms with Gasteiger partial charge in [-0.1, -0.05) is 115 Å². The fourth-order valence-electron chi connectivity index (χ4n) is 6.70. The van der Waals surface area contributed by atoms with Crippen molar-refractivity contribution in [2.45, 2.75) is 0 Å². The molecule has 0 radical (unpaired) electrons. The summed E-state index contributed by atoms with van der Waals surface area (Å²) >= 11 is 3.69. The van der Waals surface area contributed by atoms with Crippen LogP contribution in [0.3, 0.4) is 0 Å². The summed E-state index contributed by atoms with van der Waals surface area (Å²) in [6.45, 7) is 0. The zero-order valence-electron chi connectivity index (χ0n) is 40.0. The number of hydrogen-bond donors (Lipinski definition) is 0. The van der Waals surface area contributed by atoms with Crippen LogP contribution < -0.4 is 0 Å². The van der Waals surface area contributed by atoms with Gasteiger partial charge in [0, 0.05) is 56.0 Å². The lowest BCUT2D eigenvalue weighted by Gasteiger charge is -2.08. The van der Waals surface area contributed by atoms with Crippen LogP contribution >= 0.6 is 34.0 Å². The highest BCUT2D eigenvalue weighted by Gasteiger charge is 2.17. The molecule has 0 saturated carbocycles. The Morgan fingerprint density at radius 2 is 0.961 bits per heavy atom. The molecule has 0 bridgehead atoms. The van der Waals surface area contributed by atoms with Crippen molar-refractivity contribution in [2.24, 2.45) is 0 Å². The molecule has 0 aliphatic rings. The van der Waals surface area contributed by atoms with E-state index in [4.69, 9.17) is 29.2 Å². The summed E-state index contributed by atoms with van der Waals surface area (Å²) < 4.78 is 124. The van der Waals surface area contributed by atoms with Gasteiger partial charge in [0.05, 0.1) is 35.1 Å². The quantitative estimate of drug-likeness (QED) is 0.181. The Morgan fingerprint density at radius 1 is 0.412 bits per heavy atom. The van der Waals surface area contributed by atoms with E-state index in [0.717, 1.165) is 48.6 Å². The van der Waals surface area contributed by atoms with E-state index in [1.54, 1.807) is 6.07 Å². The third-order valence-electron chi connectivity index (χ3n) is 9.03. The minimum absolute atomic E-state index is 0.167. The standard InChI is InChI=1S/C46H26N2S3/c1-3-19-39-34(13-1)36-17-7-15-32(44(36)49-39)29-10-5-9-27(23-29)28-21-22-41-38(25-28)43-46(51-41)42(47-26-48-43)31-12-6-11-30(24-31)33-16-8-18-37-35-14-2-4-20-40(35)50-45(33)37/h1-26H/i1D,2D,3D,4D,7D,8D,13D,14D,15D,16D,17D,18D,19D,20D. The molecule has 0 spiro atoms. The molecule has 11 rings (SSSR count). The van der Waals surface area contributed by atoms with Gasteiger partial charge in [0.25, 0.3) is 0 Å². The number of thiophene rings is 3. The molecular formula is C46H26N2S3. The minimum atomic E-state index is -0.428. The fraction of sp³-hybridized carbons (Fsp3) is 0. The van der Waals surface area contributed by atoms with E-state index in [9.17, 15) is 0 Å². The highest BCUT2D eigenvalue weighted by atomic mass is 32.1. The first-order chi connectivity index (χ1) is 31.1. The molecule has 11 aromatic rings. The van der Waals surface area contributed by atoms with E-state index in [0.29, 0.717) is 48.4 Å². The average molecular weight is 717 g/mol. The van der Waals surface area contributed by atoms with Crippen molar-refractivity contribution in [1.82, 2.24) is 9.97 Å². The molecule has 51 heavy (non-hydrogen) atoms. The summed E-state index contributed by atoms with van der Waals surface area (Å²) in [7, 11) is 0. The third kappa shape index (κ3) is 4.59. The zero-order valence-corrected chi connectivity index (χ0v) is 28.5. The number of nitrogens with zero attached hydrogens (tertiary/aromatic N) is 2. The largest absolute Gasteiger partial charge is 0.235 e. The van der Waals surface area contributed by atoms with E-state index < -0.39 is 18.1 Å². The SMILES string of the molecule is [2H]c1c([2H])c([2H])c2c(sc3c(-c4cccc(-c5ccc6sc7c(-c8cccc(-c9c([2H])c([2H])c([2H])c%10c9sc9c([2H])c([2H])c([2H])c([2H])c9%10)c8)ncnc7c6c5)c4)c([2H])c([2H])c([2H])c32)c1[2H]. The van der Waals surface area contributed by atoms with Gasteiger partial charge >= 0.3 is 0 Å². The maximum atomic E-state index is 9.03. The summed E-state index contributed by atoms with van der Waals surface area (Å²) in [6, 6.07) is 16.6. The number of fused-ring (bicyclic) bond motifs is 9. The molecule has 0 N–H and O–H groups in total. The third-order valence-corrected chi connectivity index (χ3v) is 12.4. The van der Waals surface area contributed by atoms with Crippen LogP contribution in [0.4, 0.5) is 0 Å². The summed E-state index contributed by atoms with van der Waals surface area (Å²) in [6.07, 6.45) is 1.49. The first kappa shape index (κ1) is 18.5. The highest BCUT2D eigenvalue weighted by Crippen LogP contribution is 2.44. The van der Waals surface area contributed by atoms with E-state index in [1.165, 1.54) is 17.7 Å². The second kappa shape index (κ2) is 11.4. The molecule has 0 aliphatic carbocycles. The molecule has 4 heterocycles. The second-order valence-electron chi connectivity index (χ2n) is 11.9. The highest BCUT2D eigenvalue weighted by molar-refractivity contribution is 7.27. The van der Waals surface area contributed by atoms with Crippen LogP contribution in [-0.2, 0) is 0 Å². The van der Waals surface area contributed by atoms with Crippen LogP contribution in [0.2, 0.25) is 0 Å². The fourth-order valence-corrected chi connectivity index (χ4v) is 10.0. The van der Waals surface area contributed by atoms with Gasteiger partial charge in [0.15, 0.2) is 0 Å². The molecule has 0 atom stereocenters. The number of rotatable bonds is 4. The smallest absolute Gasteiger partial charge is 0.116 e. The lowest BCUT2D eigenvalue weighted by Crippen LogP contribution is -1.87. The Morgan fingerprint density at radius 3 is 1.65 bits per heavy atom. The maximum absolute atomic E-state index is 9.03. The van der Waals surface area contributed by atoms with Crippen molar-refractivity contribution in [1.29, 1.82) is 0 Å². The van der Waals surface area contributed by atoms with Crippen molar-refractivity contribution < 1.29 is 19.2 Å². The molecule has 0 saturated heterocycles. The van der Waals surface area contributed by atoms with Gasteiger partial charge in [-0.25, -0.2) is 9.97 Å². The van der Waals surface area contributed by atoms with Crippen LogP contribution in [0.5, 0.6) is 0 Å². The summed E-state index contributed by atoms with van der Waals surface area (Å²) in [4.78, 5) is 9.43. The van der Waals surface area contributed by atoms with Crippen molar-refractivity contribution in [3.8, 4) is 44.6 Å². The van der Waals surface area contributed by atoms with Gasteiger partial charge < -0.3 is 0 Å². The Hall–Kier alpha value is -5.72. The van der Waals surface area contributed by atoms with Crippen LogP contribution in [0, 0.1) is 0 Å². The zero-order chi connectivity index (χ0) is 45.7. The molecular weight excluding hydrogens is 677 g/mol. The Labute approximate surface area is 325 Å². The number of aromatic nitrogens is 2. The molecule has 7 aromatic carbocycles. The Kier molecular flexibility index (Phi) is 4.14. The van der Waals surface area contributed by atoms with Gasteiger partial charge in [-0.15, -0.1) is 34.0 Å². The van der Waals surface area contributed by atoms with E-state index in [2.05, 4.69) is 0 Å². The van der Waals surface area contributed by atoms with Crippen LogP contribution in [-0.4, -0.2) is 9.97 Å². The first-order valence-corrected chi connectivity index (χ1v) is 18.3. The lowest BCUT2D eigenvalue weighted by molar-refractivity contribution is 1.24. The van der Waals surface area contributed by atoms with Crippen LogP contribution in [0.1, 0.15) is 19.2 Å². The van der Waals surface area contributed by atoms with Gasteiger partial charge in [-0.3, -0.25) is 0 Å². The van der Waals surface area contributed by atoms with Crippen molar-refractivity contribution in [3.05, 3.63) is 158 Å². The van der Waals surface area contributed by atoms with Crippen molar-refractivity contribution in [3.63, 3.8) is 0 Å². The minimum Gasteiger partial charge on any atom is -0.235 e. The van der Waals surface area contributed by atoms with Gasteiger partial charge in [-0.05, 0) is 69.7 Å². The van der Waals surface area contributed by atoms with Crippen LogP contribution in [0.15, 0.2) is 158 Å². The summed E-state index contributed by atoms with van der Waals surface area (Å²) in [5.41, 5.74) is 5.53. The monoisotopic (exact) mass is 716 g/mol. The van der Waals surface area contributed by atoms with Gasteiger partial charge in [0.1, 0.15) is 6.33 Å². The van der Waals surface area contributed by atoms with Gasteiger partial charge in [0.2, 0.25) is 0 Å². The molecule has 0 aliphatic heterocycles. The average Bonchev–Trinajstić information content (AvgIpc) is 4.03. The molecule has 0 fully saturated rings. The molecule has 4 aromatic heterocycles. The molecule has 0 unspecified atom stereocenters. The molecule has 0 amide bonds. The Balaban J connectivity index is 1.04. The molecule has 5 heteroatoms. The van der Waals surface area contributed by atoms with Gasteiger partial charge in [-0.2, -0.15) is 0 Å². The summed E-state index contributed by atoms with van der Waals surface area (Å²) in [5.74, 6) is 0. The first-order valence-electron chi connectivity index (χ1n) is 22.8. The van der Waals surface area contributed by atoms with Crippen molar-refractivity contribution >= 4 is 94.7 Å². The molecule has 238 valence electrons. The normalized spacial score (nSPS) is 15.8. The summed E-state index contributed by atoms with van der Waals surface area (Å²) in [5, 5.41) is 1.64. The topological polar surface area (TPSA) is 25.8 Å². The van der Waals surface area contributed by atoms with E-state index in [1.807, 2.05) is 60.7 Å². The predicted molar refractivity (Wildman–Crippen MR) is 222 cm³/mol. The number of hydrogen-bond acceptors (Lipinski definition) is 5. The van der Waals surface area contributed by atoms with E-state index in [-0.39, 0.29) is 97.4 Å². The van der Waals surface area contributed by atoms with Crippen molar-refractivity contribution in [2.75, 3.05) is 0 Å². The predicted octanol–water partition coefficient (Wildman–Crippen LogP) is 14.2. The maximum Gasteiger partial charge on any atom is 0.116 e. The second-order valence-corrected chi connectivity index (χ2v) is 15.0.